The fourth-order valence-corrected chi connectivity index (χ4v) is 5.55. The van der Waals surface area contributed by atoms with Crippen LogP contribution < -0.4 is 29.7 Å². The van der Waals surface area contributed by atoms with Crippen molar-refractivity contribution in [2.24, 2.45) is 0 Å². The standard InChI is InChI=1S/C31H29Br2N3O7/c1-4-11-42-25-10-9-22(16-26(25)41-5-2)36-30(39)23(29(38)35-31(36)40)14-19-13-20(32)15-24(33)28(19)43-17-27(37)34-21-8-6-7-18(3)12-21/h6-10,12-16H,4-5,11,17H2,1-3H3,(H,34,37)(H,35,38,40)/b23-14+. The molecule has 0 aliphatic carbocycles. The molecule has 224 valence electrons. The van der Waals surface area contributed by atoms with Gasteiger partial charge in [-0.15, -0.1) is 0 Å². The molecule has 1 aliphatic rings. The molecule has 0 radical (unpaired) electrons. The molecule has 3 aromatic carbocycles. The van der Waals surface area contributed by atoms with Crippen LogP contribution in [0.25, 0.3) is 6.08 Å². The Bertz CT molecular complexity index is 1610. The largest absolute Gasteiger partial charge is 0.490 e. The second-order valence-electron chi connectivity index (χ2n) is 9.38. The highest BCUT2D eigenvalue weighted by Crippen LogP contribution is 2.36. The highest BCUT2D eigenvalue weighted by molar-refractivity contribution is 9.11. The van der Waals surface area contributed by atoms with Gasteiger partial charge < -0.3 is 19.5 Å². The molecule has 4 rings (SSSR count). The maximum absolute atomic E-state index is 13.6. The lowest BCUT2D eigenvalue weighted by molar-refractivity contribution is -0.122. The summed E-state index contributed by atoms with van der Waals surface area (Å²) in [5.41, 5.74) is 1.80. The highest BCUT2D eigenvalue weighted by Gasteiger charge is 2.37. The maximum Gasteiger partial charge on any atom is 0.335 e. The summed E-state index contributed by atoms with van der Waals surface area (Å²) >= 11 is 6.84. The SMILES string of the molecule is CCCOc1ccc(N2C(=O)NC(=O)/C(=C\c3cc(Br)cc(Br)c3OCC(=O)Nc3cccc(C)c3)C2=O)cc1OCC. The minimum absolute atomic E-state index is 0.188. The molecule has 0 atom stereocenters. The third-order valence-electron chi connectivity index (χ3n) is 6.04. The van der Waals surface area contributed by atoms with Gasteiger partial charge in [-0.3, -0.25) is 19.7 Å². The average molecular weight is 715 g/mol. The van der Waals surface area contributed by atoms with E-state index in [9.17, 15) is 19.2 Å². The van der Waals surface area contributed by atoms with Crippen LogP contribution >= 0.6 is 31.9 Å². The van der Waals surface area contributed by atoms with E-state index in [1.165, 1.54) is 18.2 Å². The summed E-state index contributed by atoms with van der Waals surface area (Å²) in [7, 11) is 0. The van der Waals surface area contributed by atoms with E-state index >= 15 is 0 Å². The first kappa shape index (κ1) is 31.8. The van der Waals surface area contributed by atoms with Crippen LogP contribution in [0.5, 0.6) is 17.2 Å². The average Bonchev–Trinajstić information content (AvgIpc) is 2.94. The zero-order chi connectivity index (χ0) is 31.1. The highest BCUT2D eigenvalue weighted by atomic mass is 79.9. The van der Waals surface area contributed by atoms with Crippen LogP contribution in [0.2, 0.25) is 0 Å². The van der Waals surface area contributed by atoms with Crippen molar-refractivity contribution in [2.45, 2.75) is 27.2 Å². The van der Waals surface area contributed by atoms with Crippen molar-refractivity contribution in [1.29, 1.82) is 0 Å². The first-order chi connectivity index (χ1) is 20.6. The van der Waals surface area contributed by atoms with Gasteiger partial charge in [0.05, 0.1) is 23.4 Å². The first-order valence-electron chi connectivity index (χ1n) is 13.4. The van der Waals surface area contributed by atoms with Gasteiger partial charge in [-0.1, -0.05) is 35.0 Å². The number of imide groups is 2. The molecule has 1 aliphatic heterocycles. The van der Waals surface area contributed by atoms with Crippen molar-refractivity contribution in [2.75, 3.05) is 30.0 Å². The number of carbonyl (C=O) groups is 4. The van der Waals surface area contributed by atoms with Crippen molar-refractivity contribution in [3.05, 3.63) is 80.2 Å². The van der Waals surface area contributed by atoms with E-state index in [2.05, 4.69) is 42.5 Å². The molecule has 10 nitrogen and oxygen atoms in total. The molecule has 0 spiro atoms. The van der Waals surface area contributed by atoms with Gasteiger partial charge in [-0.25, -0.2) is 9.69 Å². The third kappa shape index (κ3) is 7.82. The molecule has 2 N–H and O–H groups in total. The second-order valence-corrected chi connectivity index (χ2v) is 11.2. The minimum atomic E-state index is -0.906. The number of anilines is 2. The molecule has 1 heterocycles. The number of rotatable bonds is 11. The third-order valence-corrected chi connectivity index (χ3v) is 7.08. The lowest BCUT2D eigenvalue weighted by atomic mass is 10.1. The number of halogens is 2. The Balaban J connectivity index is 1.63. The van der Waals surface area contributed by atoms with Gasteiger partial charge in [0, 0.05) is 21.8 Å². The van der Waals surface area contributed by atoms with Crippen LogP contribution in [0.15, 0.2) is 69.1 Å². The number of carbonyl (C=O) groups excluding carboxylic acids is 4. The summed E-state index contributed by atoms with van der Waals surface area (Å²) < 4.78 is 18.3. The molecule has 0 unspecified atom stereocenters. The number of amides is 5. The Morgan fingerprint density at radius 3 is 2.49 bits per heavy atom. The summed E-state index contributed by atoms with van der Waals surface area (Å²) in [4.78, 5) is 52.8. The Hall–Kier alpha value is -4.16. The number of benzene rings is 3. The Labute approximate surface area is 265 Å². The van der Waals surface area contributed by atoms with E-state index in [-0.39, 0.29) is 23.6 Å². The van der Waals surface area contributed by atoms with Gasteiger partial charge in [-0.2, -0.15) is 0 Å². The zero-order valence-corrected chi connectivity index (χ0v) is 26.8. The summed E-state index contributed by atoms with van der Waals surface area (Å²) in [5, 5.41) is 4.99. The second kappa shape index (κ2) is 14.3. The van der Waals surface area contributed by atoms with Gasteiger partial charge in [0.2, 0.25) is 0 Å². The molecular formula is C31H29Br2N3O7. The fraction of sp³-hybridized carbons (Fsp3) is 0.226. The molecule has 1 fully saturated rings. The number of barbiturate groups is 1. The van der Waals surface area contributed by atoms with Crippen molar-refractivity contribution >= 4 is 73.1 Å². The van der Waals surface area contributed by atoms with E-state index in [4.69, 9.17) is 14.2 Å². The van der Waals surface area contributed by atoms with Crippen LogP contribution in [0.1, 0.15) is 31.4 Å². The summed E-state index contributed by atoms with van der Waals surface area (Å²) in [6.07, 6.45) is 2.09. The number of nitrogens with one attached hydrogen (secondary N) is 2. The van der Waals surface area contributed by atoms with Crippen LogP contribution in [-0.4, -0.2) is 43.6 Å². The zero-order valence-electron chi connectivity index (χ0n) is 23.7. The molecule has 3 aromatic rings. The number of nitrogens with zero attached hydrogens (tertiary/aromatic N) is 1. The fourth-order valence-electron chi connectivity index (χ4n) is 4.18. The van der Waals surface area contributed by atoms with E-state index < -0.39 is 23.8 Å². The lowest BCUT2D eigenvalue weighted by Crippen LogP contribution is -2.54. The topological polar surface area (TPSA) is 123 Å². The first-order valence-corrected chi connectivity index (χ1v) is 15.0. The monoisotopic (exact) mass is 713 g/mol. The van der Waals surface area contributed by atoms with Gasteiger partial charge >= 0.3 is 6.03 Å². The molecule has 5 amide bonds. The summed E-state index contributed by atoms with van der Waals surface area (Å²) in [6, 6.07) is 14.4. The van der Waals surface area contributed by atoms with E-state index in [0.717, 1.165) is 16.9 Å². The molecule has 0 bridgehead atoms. The van der Waals surface area contributed by atoms with Crippen molar-refractivity contribution in [3.63, 3.8) is 0 Å². The van der Waals surface area contributed by atoms with Crippen LogP contribution in [0.4, 0.5) is 16.2 Å². The minimum Gasteiger partial charge on any atom is -0.490 e. The van der Waals surface area contributed by atoms with E-state index in [1.807, 2.05) is 32.0 Å². The van der Waals surface area contributed by atoms with Gasteiger partial charge in [-0.05, 0) is 84.2 Å². The van der Waals surface area contributed by atoms with E-state index in [1.54, 1.807) is 31.2 Å². The summed E-state index contributed by atoms with van der Waals surface area (Å²) in [5.74, 6) is -1.09. The lowest BCUT2D eigenvalue weighted by Gasteiger charge is -2.27. The van der Waals surface area contributed by atoms with Gasteiger partial charge in [0.1, 0.15) is 11.3 Å². The normalized spacial score (nSPS) is 14.0. The van der Waals surface area contributed by atoms with Crippen molar-refractivity contribution in [1.82, 2.24) is 5.32 Å². The molecular weight excluding hydrogens is 686 g/mol. The molecule has 1 saturated heterocycles. The van der Waals surface area contributed by atoms with Crippen LogP contribution in [-0.2, 0) is 14.4 Å². The smallest absolute Gasteiger partial charge is 0.335 e. The van der Waals surface area contributed by atoms with Gasteiger partial charge in [0.15, 0.2) is 18.1 Å². The van der Waals surface area contributed by atoms with E-state index in [0.29, 0.717) is 44.9 Å². The maximum atomic E-state index is 13.6. The number of ether oxygens (including phenoxy) is 3. The predicted molar refractivity (Wildman–Crippen MR) is 170 cm³/mol. The van der Waals surface area contributed by atoms with Gasteiger partial charge in [0.25, 0.3) is 17.7 Å². The predicted octanol–water partition coefficient (Wildman–Crippen LogP) is 6.39. The quantitative estimate of drug-likeness (QED) is 0.174. The number of hydrogen-bond acceptors (Lipinski definition) is 7. The van der Waals surface area contributed by atoms with Crippen LogP contribution in [0.3, 0.4) is 0 Å². The van der Waals surface area contributed by atoms with Crippen LogP contribution in [0, 0.1) is 6.92 Å². The number of urea groups is 1. The molecule has 43 heavy (non-hydrogen) atoms. The Morgan fingerprint density at radius 2 is 1.77 bits per heavy atom. The Morgan fingerprint density at radius 1 is 0.977 bits per heavy atom. The number of hydrogen-bond donors (Lipinski definition) is 2. The number of aryl methyl sites for hydroxylation is 1. The Kier molecular flexibility index (Phi) is 10.6. The molecule has 0 saturated carbocycles. The van der Waals surface area contributed by atoms with Crippen molar-refractivity contribution in [3.8, 4) is 17.2 Å². The molecule has 12 heteroatoms. The summed E-state index contributed by atoms with van der Waals surface area (Å²) in [6.45, 7) is 6.13. The molecule has 0 aromatic heterocycles. The van der Waals surface area contributed by atoms with Crippen molar-refractivity contribution < 1.29 is 33.4 Å².